The van der Waals surface area contributed by atoms with Gasteiger partial charge in [-0.25, -0.2) is 4.39 Å². The zero-order valence-corrected chi connectivity index (χ0v) is 9.64. The minimum atomic E-state index is -0.424. The van der Waals surface area contributed by atoms with Gasteiger partial charge in [0.2, 0.25) is 0 Å². The van der Waals surface area contributed by atoms with E-state index >= 15 is 0 Å². The second kappa shape index (κ2) is 5.93. The number of rotatable bonds is 5. The maximum Gasteiger partial charge on any atom is 0.142 e. The number of hydrogen-bond acceptors (Lipinski definition) is 2. The molecule has 1 unspecified atom stereocenters. The lowest BCUT2D eigenvalue weighted by atomic mass is 10.2. The molecule has 4 heteroatoms. The molecule has 84 valence electrons. The molecule has 1 aromatic carbocycles. The summed E-state index contributed by atoms with van der Waals surface area (Å²) in [6.07, 6.45) is 0. The number of halogens is 2. The topological polar surface area (TPSA) is 21.3 Å². The summed E-state index contributed by atoms with van der Waals surface area (Å²) in [6, 6.07) is 4.37. The van der Waals surface area contributed by atoms with E-state index < -0.39 is 5.82 Å². The molecule has 0 heterocycles. The van der Waals surface area contributed by atoms with Crippen molar-refractivity contribution in [1.82, 2.24) is 5.32 Å². The Morgan fingerprint density at radius 1 is 1.53 bits per heavy atom. The van der Waals surface area contributed by atoms with Crippen LogP contribution in [0.5, 0.6) is 5.75 Å². The molecule has 0 aromatic heterocycles. The van der Waals surface area contributed by atoms with Crippen LogP contribution in [0.1, 0.15) is 6.92 Å². The van der Waals surface area contributed by atoms with Gasteiger partial charge in [-0.15, -0.1) is 0 Å². The maximum absolute atomic E-state index is 12.8. The fourth-order valence-corrected chi connectivity index (χ4v) is 1.38. The molecule has 0 amide bonds. The van der Waals surface area contributed by atoms with Crippen LogP contribution in [-0.4, -0.2) is 20.2 Å². The minimum Gasteiger partial charge on any atom is -0.493 e. The highest BCUT2D eigenvalue weighted by Crippen LogP contribution is 2.21. The van der Waals surface area contributed by atoms with E-state index in [-0.39, 0.29) is 5.02 Å². The van der Waals surface area contributed by atoms with Crippen molar-refractivity contribution in [2.24, 2.45) is 5.92 Å². The van der Waals surface area contributed by atoms with Gasteiger partial charge in [-0.2, -0.15) is 0 Å². The Bertz CT molecular complexity index is 319. The Labute approximate surface area is 94.4 Å². The lowest BCUT2D eigenvalue weighted by Gasteiger charge is -2.12. The van der Waals surface area contributed by atoms with Gasteiger partial charge in [0.15, 0.2) is 0 Å². The molecule has 1 rings (SSSR count). The van der Waals surface area contributed by atoms with Crippen LogP contribution in [0.15, 0.2) is 18.2 Å². The van der Waals surface area contributed by atoms with Gasteiger partial charge in [0.25, 0.3) is 0 Å². The van der Waals surface area contributed by atoms with Crippen molar-refractivity contribution in [2.45, 2.75) is 6.92 Å². The molecule has 15 heavy (non-hydrogen) atoms. The van der Waals surface area contributed by atoms with E-state index in [0.29, 0.717) is 18.3 Å². The molecule has 1 atom stereocenters. The van der Waals surface area contributed by atoms with Gasteiger partial charge in [-0.3, -0.25) is 0 Å². The molecule has 0 fully saturated rings. The first kappa shape index (κ1) is 12.3. The molecule has 0 aliphatic rings. The molecular formula is C11H15ClFNO. The third kappa shape index (κ3) is 4.06. The Balaban J connectivity index is 2.47. The quantitative estimate of drug-likeness (QED) is 0.842. The molecule has 1 N–H and O–H groups in total. The summed E-state index contributed by atoms with van der Waals surface area (Å²) in [7, 11) is 1.89. The third-order valence-electron chi connectivity index (χ3n) is 1.98. The Kier molecular flexibility index (Phi) is 4.85. The first-order valence-corrected chi connectivity index (χ1v) is 5.23. The first-order valence-electron chi connectivity index (χ1n) is 4.86. The van der Waals surface area contributed by atoms with E-state index in [1.807, 2.05) is 7.05 Å². The molecule has 0 saturated carbocycles. The number of benzene rings is 1. The van der Waals surface area contributed by atoms with E-state index in [2.05, 4.69) is 12.2 Å². The molecule has 0 aliphatic carbocycles. The number of hydrogen-bond donors (Lipinski definition) is 1. The van der Waals surface area contributed by atoms with Gasteiger partial charge < -0.3 is 10.1 Å². The maximum atomic E-state index is 12.8. The van der Waals surface area contributed by atoms with Crippen LogP contribution in [0.2, 0.25) is 5.02 Å². The standard InChI is InChI=1S/C11H15ClFNO/c1-8(6-14-2)7-15-9-3-4-11(13)10(12)5-9/h3-5,8,14H,6-7H2,1-2H3. The summed E-state index contributed by atoms with van der Waals surface area (Å²) in [6.45, 7) is 3.54. The molecule has 0 bridgehead atoms. The molecule has 0 saturated heterocycles. The van der Waals surface area contributed by atoms with Crippen molar-refractivity contribution in [2.75, 3.05) is 20.2 Å². The summed E-state index contributed by atoms with van der Waals surface area (Å²) >= 11 is 5.62. The fraction of sp³-hybridized carbons (Fsp3) is 0.455. The van der Waals surface area contributed by atoms with Crippen LogP contribution in [0.4, 0.5) is 4.39 Å². The summed E-state index contributed by atoms with van der Waals surface area (Å²) in [5.41, 5.74) is 0. The zero-order valence-electron chi connectivity index (χ0n) is 8.89. The third-order valence-corrected chi connectivity index (χ3v) is 2.27. The average molecular weight is 232 g/mol. The van der Waals surface area contributed by atoms with Crippen LogP contribution in [0.25, 0.3) is 0 Å². The van der Waals surface area contributed by atoms with Crippen molar-refractivity contribution in [1.29, 1.82) is 0 Å². The lowest BCUT2D eigenvalue weighted by molar-refractivity contribution is 0.258. The van der Waals surface area contributed by atoms with Crippen LogP contribution in [-0.2, 0) is 0 Å². The largest absolute Gasteiger partial charge is 0.493 e. The van der Waals surface area contributed by atoms with Crippen LogP contribution in [0, 0.1) is 11.7 Å². The summed E-state index contributed by atoms with van der Waals surface area (Å²) in [5, 5.41) is 3.15. The second-order valence-electron chi connectivity index (χ2n) is 3.55. The van der Waals surface area contributed by atoms with Gasteiger partial charge in [-0.1, -0.05) is 18.5 Å². The Morgan fingerprint density at radius 2 is 2.27 bits per heavy atom. The molecule has 1 aromatic rings. The van der Waals surface area contributed by atoms with Crippen molar-refractivity contribution < 1.29 is 9.13 Å². The van der Waals surface area contributed by atoms with Crippen LogP contribution in [0.3, 0.4) is 0 Å². The van der Waals surface area contributed by atoms with E-state index in [4.69, 9.17) is 16.3 Å². The first-order chi connectivity index (χ1) is 7.13. The van der Waals surface area contributed by atoms with Crippen LogP contribution >= 0.6 is 11.6 Å². The summed E-state index contributed by atoms with van der Waals surface area (Å²) < 4.78 is 18.3. The van der Waals surface area contributed by atoms with Gasteiger partial charge in [0.1, 0.15) is 11.6 Å². The van der Waals surface area contributed by atoms with Gasteiger partial charge in [0.05, 0.1) is 11.6 Å². The van der Waals surface area contributed by atoms with E-state index in [9.17, 15) is 4.39 Å². The summed E-state index contributed by atoms with van der Waals surface area (Å²) in [5.74, 6) is 0.579. The molecular weight excluding hydrogens is 217 g/mol. The normalized spacial score (nSPS) is 12.5. The van der Waals surface area contributed by atoms with Crippen molar-refractivity contribution in [3.8, 4) is 5.75 Å². The lowest BCUT2D eigenvalue weighted by Crippen LogP contribution is -2.21. The van der Waals surface area contributed by atoms with E-state index in [0.717, 1.165) is 6.54 Å². The predicted octanol–water partition coefficient (Wildman–Crippen LogP) is 2.71. The van der Waals surface area contributed by atoms with Gasteiger partial charge >= 0.3 is 0 Å². The molecule has 2 nitrogen and oxygen atoms in total. The Morgan fingerprint density at radius 3 is 2.87 bits per heavy atom. The minimum absolute atomic E-state index is 0.0915. The van der Waals surface area contributed by atoms with Crippen LogP contribution < -0.4 is 10.1 Å². The smallest absolute Gasteiger partial charge is 0.142 e. The van der Waals surface area contributed by atoms with E-state index in [1.165, 1.54) is 12.1 Å². The van der Waals surface area contributed by atoms with Gasteiger partial charge in [-0.05, 0) is 19.2 Å². The highest BCUT2D eigenvalue weighted by atomic mass is 35.5. The zero-order chi connectivity index (χ0) is 11.3. The Hall–Kier alpha value is -0.800. The monoisotopic (exact) mass is 231 g/mol. The van der Waals surface area contributed by atoms with Crippen molar-refractivity contribution in [3.05, 3.63) is 29.0 Å². The number of nitrogens with one attached hydrogen (secondary N) is 1. The second-order valence-corrected chi connectivity index (χ2v) is 3.96. The summed E-state index contributed by atoms with van der Waals surface area (Å²) in [4.78, 5) is 0. The average Bonchev–Trinajstić information content (AvgIpc) is 2.20. The molecule has 0 radical (unpaired) electrons. The molecule has 0 aliphatic heterocycles. The fourth-order valence-electron chi connectivity index (χ4n) is 1.21. The van der Waals surface area contributed by atoms with Crippen molar-refractivity contribution >= 4 is 11.6 Å². The highest BCUT2D eigenvalue weighted by molar-refractivity contribution is 6.30. The van der Waals surface area contributed by atoms with E-state index in [1.54, 1.807) is 6.07 Å². The van der Waals surface area contributed by atoms with Crippen molar-refractivity contribution in [3.63, 3.8) is 0 Å². The predicted molar refractivity (Wildman–Crippen MR) is 60.0 cm³/mol. The highest BCUT2D eigenvalue weighted by Gasteiger charge is 2.04. The molecule has 0 spiro atoms. The SMILES string of the molecule is CNCC(C)COc1ccc(F)c(Cl)c1. The van der Waals surface area contributed by atoms with Gasteiger partial charge in [0, 0.05) is 18.5 Å². The number of ether oxygens (including phenoxy) is 1.